The van der Waals surface area contributed by atoms with Crippen LogP contribution in [0.2, 0.25) is 5.02 Å². The topological polar surface area (TPSA) is 29.1 Å². The molecule has 106 valence electrons. The van der Waals surface area contributed by atoms with Crippen LogP contribution in [0.15, 0.2) is 24.3 Å². The molecule has 2 unspecified atom stereocenters. The van der Waals surface area contributed by atoms with Gasteiger partial charge in [0.1, 0.15) is 0 Å². The summed E-state index contributed by atoms with van der Waals surface area (Å²) in [7, 11) is 1.13. The Morgan fingerprint density at radius 1 is 1.37 bits per heavy atom. The van der Waals surface area contributed by atoms with E-state index in [1.807, 2.05) is 31.3 Å². The average molecular weight is 300 g/mol. The van der Waals surface area contributed by atoms with Crippen LogP contribution in [0, 0.1) is 5.92 Å². The van der Waals surface area contributed by atoms with Gasteiger partial charge in [0, 0.05) is 27.6 Å². The van der Waals surface area contributed by atoms with E-state index in [1.54, 1.807) is 0 Å². The molecule has 0 heterocycles. The van der Waals surface area contributed by atoms with Crippen molar-refractivity contribution in [2.24, 2.45) is 5.92 Å². The van der Waals surface area contributed by atoms with E-state index in [2.05, 4.69) is 5.32 Å². The van der Waals surface area contributed by atoms with Crippen molar-refractivity contribution >= 4 is 22.4 Å². The molecular weight excluding hydrogens is 278 g/mol. The molecule has 0 radical (unpaired) electrons. The van der Waals surface area contributed by atoms with Crippen LogP contribution >= 0.6 is 11.6 Å². The Morgan fingerprint density at radius 2 is 2.05 bits per heavy atom. The van der Waals surface area contributed by atoms with Gasteiger partial charge >= 0.3 is 0 Å². The molecule has 0 bridgehead atoms. The number of hydrogen-bond acceptors (Lipinski definition) is 2. The van der Waals surface area contributed by atoms with E-state index in [9.17, 15) is 4.21 Å². The van der Waals surface area contributed by atoms with E-state index >= 15 is 0 Å². The molecule has 1 aliphatic rings. The lowest BCUT2D eigenvalue weighted by atomic mass is 10.0. The van der Waals surface area contributed by atoms with Gasteiger partial charge in [-0.25, -0.2) is 0 Å². The van der Waals surface area contributed by atoms with Crippen molar-refractivity contribution in [3.63, 3.8) is 0 Å². The lowest BCUT2D eigenvalue weighted by Gasteiger charge is -2.22. The molecule has 0 aliphatic heterocycles. The second-order valence-corrected chi connectivity index (χ2v) is 7.19. The number of benzene rings is 1. The fourth-order valence-electron chi connectivity index (χ4n) is 2.86. The van der Waals surface area contributed by atoms with Crippen LogP contribution in [-0.2, 0) is 16.6 Å². The zero-order valence-electron chi connectivity index (χ0n) is 11.4. The van der Waals surface area contributed by atoms with Crippen LogP contribution in [0.3, 0.4) is 0 Å². The Kier molecular flexibility index (Phi) is 5.86. The van der Waals surface area contributed by atoms with Gasteiger partial charge in [-0.05, 0) is 37.4 Å². The first kappa shape index (κ1) is 15.0. The summed E-state index contributed by atoms with van der Waals surface area (Å²) < 4.78 is 12.3. The van der Waals surface area contributed by atoms with Crippen molar-refractivity contribution in [1.29, 1.82) is 0 Å². The zero-order valence-corrected chi connectivity index (χ0v) is 13.0. The standard InChI is InChI=1S/C15H22ClNOS/c1-17-15(12-6-2-3-7-12)11-19(18)10-13-8-4-5-9-14(13)16/h4-5,8-9,12,15,17H,2-3,6-7,10-11H2,1H3. The third-order valence-electron chi connectivity index (χ3n) is 3.98. The SMILES string of the molecule is CNC(CS(=O)Cc1ccccc1Cl)C1CCCC1. The van der Waals surface area contributed by atoms with E-state index in [4.69, 9.17) is 11.6 Å². The highest BCUT2D eigenvalue weighted by Gasteiger charge is 2.25. The third kappa shape index (κ3) is 4.30. The summed E-state index contributed by atoms with van der Waals surface area (Å²) in [5.41, 5.74) is 0.990. The van der Waals surface area contributed by atoms with Gasteiger partial charge < -0.3 is 5.32 Å². The Hall–Kier alpha value is -0.380. The van der Waals surface area contributed by atoms with Gasteiger partial charge in [-0.3, -0.25) is 4.21 Å². The van der Waals surface area contributed by atoms with E-state index in [-0.39, 0.29) is 0 Å². The molecule has 2 rings (SSSR count). The second kappa shape index (κ2) is 7.41. The van der Waals surface area contributed by atoms with Crippen LogP contribution in [0.4, 0.5) is 0 Å². The predicted octanol–water partition coefficient (Wildman–Crippen LogP) is 3.37. The van der Waals surface area contributed by atoms with Crippen LogP contribution in [0.25, 0.3) is 0 Å². The van der Waals surface area contributed by atoms with Gasteiger partial charge in [0.15, 0.2) is 0 Å². The normalized spacial score (nSPS) is 19.5. The first-order chi connectivity index (χ1) is 9.20. The largest absolute Gasteiger partial charge is 0.316 e. The highest BCUT2D eigenvalue weighted by molar-refractivity contribution is 7.84. The number of halogens is 1. The fourth-order valence-corrected chi connectivity index (χ4v) is 4.70. The predicted molar refractivity (Wildman–Crippen MR) is 83.0 cm³/mol. The maximum Gasteiger partial charge on any atom is 0.0501 e. The van der Waals surface area contributed by atoms with Crippen molar-refractivity contribution < 1.29 is 4.21 Å². The number of hydrogen-bond donors (Lipinski definition) is 1. The molecule has 1 aliphatic carbocycles. The van der Waals surface area contributed by atoms with Gasteiger partial charge in [-0.1, -0.05) is 42.6 Å². The van der Waals surface area contributed by atoms with Crippen LogP contribution in [-0.4, -0.2) is 23.1 Å². The summed E-state index contributed by atoms with van der Waals surface area (Å²) in [6.07, 6.45) is 5.18. The molecule has 1 fully saturated rings. The summed E-state index contributed by atoms with van der Waals surface area (Å²) in [5.74, 6) is 1.98. The summed E-state index contributed by atoms with van der Waals surface area (Å²) >= 11 is 6.12. The average Bonchev–Trinajstić information content (AvgIpc) is 2.92. The van der Waals surface area contributed by atoms with Crippen LogP contribution < -0.4 is 5.32 Å². The van der Waals surface area contributed by atoms with Crippen molar-refractivity contribution in [1.82, 2.24) is 5.32 Å². The van der Waals surface area contributed by atoms with E-state index in [0.717, 1.165) is 16.3 Å². The quantitative estimate of drug-likeness (QED) is 0.872. The Balaban J connectivity index is 1.91. The van der Waals surface area contributed by atoms with E-state index in [1.165, 1.54) is 25.7 Å². The third-order valence-corrected chi connectivity index (χ3v) is 5.71. The summed E-state index contributed by atoms with van der Waals surface area (Å²) in [4.78, 5) is 0. The fraction of sp³-hybridized carbons (Fsp3) is 0.600. The van der Waals surface area contributed by atoms with Crippen molar-refractivity contribution in [3.05, 3.63) is 34.9 Å². The van der Waals surface area contributed by atoms with Crippen LogP contribution in [0.5, 0.6) is 0 Å². The maximum absolute atomic E-state index is 12.3. The van der Waals surface area contributed by atoms with Crippen molar-refractivity contribution in [2.75, 3.05) is 12.8 Å². The summed E-state index contributed by atoms with van der Waals surface area (Å²) in [5, 5.41) is 4.07. The Bertz CT molecular complexity index is 432. The highest BCUT2D eigenvalue weighted by Crippen LogP contribution is 2.28. The van der Waals surface area contributed by atoms with E-state index in [0.29, 0.717) is 17.7 Å². The lowest BCUT2D eigenvalue weighted by molar-refractivity contribution is 0.408. The molecule has 4 heteroatoms. The molecule has 2 atom stereocenters. The molecule has 1 N–H and O–H groups in total. The minimum atomic E-state index is -0.854. The molecule has 1 aromatic carbocycles. The number of rotatable bonds is 6. The van der Waals surface area contributed by atoms with Gasteiger partial charge in [-0.2, -0.15) is 0 Å². The Morgan fingerprint density at radius 3 is 2.68 bits per heavy atom. The van der Waals surface area contributed by atoms with Crippen molar-refractivity contribution in [2.45, 2.75) is 37.5 Å². The van der Waals surface area contributed by atoms with Gasteiger partial charge in [0.05, 0.1) is 5.75 Å². The van der Waals surface area contributed by atoms with Crippen molar-refractivity contribution in [3.8, 4) is 0 Å². The smallest absolute Gasteiger partial charge is 0.0501 e. The van der Waals surface area contributed by atoms with Gasteiger partial charge in [0.25, 0.3) is 0 Å². The molecule has 1 aromatic rings. The molecular formula is C15H22ClNOS. The van der Waals surface area contributed by atoms with Gasteiger partial charge in [0.2, 0.25) is 0 Å². The van der Waals surface area contributed by atoms with Crippen LogP contribution in [0.1, 0.15) is 31.2 Å². The molecule has 19 heavy (non-hydrogen) atoms. The second-order valence-electron chi connectivity index (χ2n) is 5.28. The molecule has 0 spiro atoms. The zero-order chi connectivity index (χ0) is 13.7. The minimum absolute atomic E-state index is 0.380. The molecule has 0 saturated heterocycles. The molecule has 2 nitrogen and oxygen atoms in total. The molecule has 0 amide bonds. The monoisotopic (exact) mass is 299 g/mol. The van der Waals surface area contributed by atoms with E-state index < -0.39 is 10.8 Å². The first-order valence-electron chi connectivity index (χ1n) is 6.96. The molecule has 0 aromatic heterocycles. The summed E-state index contributed by atoms with van der Waals surface area (Å²) in [6, 6.07) is 8.06. The first-order valence-corrected chi connectivity index (χ1v) is 8.83. The highest BCUT2D eigenvalue weighted by atomic mass is 35.5. The Labute approximate surface area is 123 Å². The maximum atomic E-state index is 12.3. The summed E-state index contributed by atoms with van der Waals surface area (Å²) in [6.45, 7) is 0. The van der Waals surface area contributed by atoms with Gasteiger partial charge in [-0.15, -0.1) is 0 Å². The lowest BCUT2D eigenvalue weighted by Crippen LogP contribution is -2.37. The minimum Gasteiger partial charge on any atom is -0.316 e. The number of nitrogens with one attached hydrogen (secondary N) is 1. The molecule has 1 saturated carbocycles.